The molecule has 2 N–H and O–H groups in total. The third-order valence-corrected chi connectivity index (χ3v) is 5.54. The average molecular weight is 497 g/mol. The second-order valence-electron chi connectivity index (χ2n) is 8.72. The summed E-state index contributed by atoms with van der Waals surface area (Å²) in [4.78, 5) is 11.6. The number of ether oxygens (including phenoxy) is 1. The van der Waals surface area contributed by atoms with Crippen molar-refractivity contribution >= 4 is 12.0 Å². The summed E-state index contributed by atoms with van der Waals surface area (Å²) in [5.74, 6) is -1.36. The van der Waals surface area contributed by atoms with E-state index >= 15 is 0 Å². The maximum Gasteiger partial charge on any atom is 0.308 e. The third-order valence-electron chi connectivity index (χ3n) is 5.54. The van der Waals surface area contributed by atoms with Crippen molar-refractivity contribution < 1.29 is 28.5 Å². The minimum atomic E-state index is -1.07. The normalized spacial score (nSPS) is 13.2. The van der Waals surface area contributed by atoms with Crippen LogP contribution in [0.15, 0.2) is 54.6 Å². The zero-order valence-corrected chi connectivity index (χ0v) is 20.5. The first-order valence-corrected chi connectivity index (χ1v) is 11.8. The molecule has 6 nitrogen and oxygen atoms in total. The van der Waals surface area contributed by atoms with E-state index < -0.39 is 29.8 Å². The van der Waals surface area contributed by atoms with Crippen LogP contribution in [0, 0.1) is 11.6 Å². The van der Waals surface area contributed by atoms with Crippen LogP contribution < -0.4 is 0 Å². The van der Waals surface area contributed by atoms with Gasteiger partial charge in [-0.1, -0.05) is 38.1 Å². The van der Waals surface area contributed by atoms with E-state index in [0.29, 0.717) is 33.6 Å². The summed E-state index contributed by atoms with van der Waals surface area (Å²) in [6.07, 6.45) is 0.785. The highest BCUT2D eigenvalue weighted by Gasteiger charge is 2.21. The van der Waals surface area contributed by atoms with Crippen LogP contribution in [0.1, 0.15) is 50.8 Å². The van der Waals surface area contributed by atoms with Crippen LogP contribution in [0.25, 0.3) is 28.5 Å². The van der Waals surface area contributed by atoms with Crippen molar-refractivity contribution in [3.63, 3.8) is 0 Å². The number of carbonyl (C=O) groups excluding carboxylic acids is 1. The van der Waals surface area contributed by atoms with Crippen molar-refractivity contribution in [2.75, 3.05) is 6.61 Å². The molecule has 0 aliphatic heterocycles. The number of hydrogen-bond donors (Lipinski definition) is 2. The van der Waals surface area contributed by atoms with E-state index in [0.717, 1.165) is 0 Å². The molecular formula is C28H30F2N2O4. The van der Waals surface area contributed by atoms with E-state index in [1.807, 2.05) is 13.8 Å². The minimum absolute atomic E-state index is 0.0369. The fraction of sp³-hybridized carbons (Fsp3) is 0.321. The lowest BCUT2D eigenvalue weighted by molar-refractivity contribution is -0.145. The first-order chi connectivity index (χ1) is 17.2. The topological polar surface area (TPSA) is 92.5 Å². The van der Waals surface area contributed by atoms with E-state index in [9.17, 15) is 23.8 Å². The third kappa shape index (κ3) is 7.02. The van der Waals surface area contributed by atoms with Crippen LogP contribution in [-0.4, -0.2) is 45.2 Å². The SMILES string of the molecule is CCOC(=O)CC(O)CC(O)C=Cc1c(C(C)C)nnc(-c2ccc(F)cc2)c1-c1ccc(F)cc1. The number of aromatic nitrogens is 2. The number of aliphatic hydroxyl groups is 2. The maximum absolute atomic E-state index is 13.7. The quantitative estimate of drug-likeness (QED) is 0.371. The Kier molecular flexibility index (Phi) is 9.38. The van der Waals surface area contributed by atoms with Crippen LogP contribution in [0.2, 0.25) is 0 Å². The van der Waals surface area contributed by atoms with Gasteiger partial charge in [-0.05, 0) is 54.8 Å². The van der Waals surface area contributed by atoms with Gasteiger partial charge in [0.25, 0.3) is 0 Å². The molecule has 0 aliphatic rings. The van der Waals surface area contributed by atoms with Crippen molar-refractivity contribution in [3.05, 3.63) is 77.5 Å². The Labute approximate surface area is 209 Å². The molecule has 190 valence electrons. The van der Waals surface area contributed by atoms with Crippen LogP contribution in [0.3, 0.4) is 0 Å². The van der Waals surface area contributed by atoms with Gasteiger partial charge in [-0.15, -0.1) is 5.10 Å². The fourth-order valence-electron chi connectivity index (χ4n) is 3.84. The van der Waals surface area contributed by atoms with Crippen molar-refractivity contribution in [2.24, 2.45) is 0 Å². The number of halogens is 2. The number of benzene rings is 2. The summed E-state index contributed by atoms with van der Waals surface area (Å²) >= 11 is 0. The molecule has 3 aromatic rings. The van der Waals surface area contributed by atoms with E-state index in [4.69, 9.17) is 4.74 Å². The zero-order chi connectivity index (χ0) is 26.2. The maximum atomic E-state index is 13.7. The summed E-state index contributed by atoms with van der Waals surface area (Å²) in [5.41, 5.74) is 3.72. The number of rotatable bonds is 10. The second kappa shape index (κ2) is 12.5. The molecule has 3 rings (SSSR count). The monoisotopic (exact) mass is 496 g/mol. The predicted octanol–water partition coefficient (Wildman–Crippen LogP) is 5.29. The first-order valence-electron chi connectivity index (χ1n) is 11.8. The largest absolute Gasteiger partial charge is 0.466 e. The van der Waals surface area contributed by atoms with Crippen LogP contribution in [0.5, 0.6) is 0 Å². The summed E-state index contributed by atoms with van der Waals surface area (Å²) in [7, 11) is 0. The van der Waals surface area contributed by atoms with E-state index in [1.54, 1.807) is 37.3 Å². The van der Waals surface area contributed by atoms with Gasteiger partial charge in [-0.25, -0.2) is 8.78 Å². The van der Waals surface area contributed by atoms with Crippen LogP contribution in [-0.2, 0) is 9.53 Å². The summed E-state index contributed by atoms with van der Waals surface area (Å²) < 4.78 is 32.1. The van der Waals surface area contributed by atoms with Gasteiger partial charge in [0.1, 0.15) is 17.3 Å². The standard InChI is InChI=1S/C28H30F2N2O4/c1-4-36-25(35)16-23(34)15-22(33)13-14-24-26(18-5-9-20(29)10-6-18)28(32-31-27(24)17(2)3)19-7-11-21(30)12-8-19/h5-14,17,22-23,33-34H,4,15-16H2,1-3H3. The van der Waals surface area contributed by atoms with Gasteiger partial charge < -0.3 is 14.9 Å². The van der Waals surface area contributed by atoms with Gasteiger partial charge in [-0.2, -0.15) is 5.10 Å². The smallest absolute Gasteiger partial charge is 0.308 e. The van der Waals surface area contributed by atoms with Gasteiger partial charge in [-0.3, -0.25) is 4.79 Å². The van der Waals surface area contributed by atoms with Crippen molar-refractivity contribution in [1.82, 2.24) is 10.2 Å². The Morgan fingerprint density at radius 2 is 1.56 bits per heavy atom. The highest BCUT2D eigenvalue weighted by molar-refractivity contribution is 5.88. The van der Waals surface area contributed by atoms with Crippen molar-refractivity contribution in [3.8, 4) is 22.4 Å². The van der Waals surface area contributed by atoms with Gasteiger partial charge >= 0.3 is 5.97 Å². The Morgan fingerprint density at radius 3 is 2.11 bits per heavy atom. The molecule has 2 aromatic carbocycles. The lowest BCUT2D eigenvalue weighted by Crippen LogP contribution is -2.20. The summed E-state index contributed by atoms with van der Waals surface area (Å²) in [6, 6.07) is 11.8. The molecular weight excluding hydrogens is 466 g/mol. The molecule has 8 heteroatoms. The highest BCUT2D eigenvalue weighted by Crippen LogP contribution is 2.37. The average Bonchev–Trinajstić information content (AvgIpc) is 2.83. The Bertz CT molecular complexity index is 1200. The van der Waals surface area contributed by atoms with Crippen molar-refractivity contribution in [2.45, 2.75) is 51.7 Å². The molecule has 1 aromatic heterocycles. The molecule has 2 unspecified atom stereocenters. The molecule has 36 heavy (non-hydrogen) atoms. The molecule has 0 radical (unpaired) electrons. The molecule has 0 bridgehead atoms. The lowest BCUT2D eigenvalue weighted by Gasteiger charge is -2.18. The molecule has 1 heterocycles. The Morgan fingerprint density at radius 1 is 0.972 bits per heavy atom. The number of carbonyl (C=O) groups is 1. The Hall–Kier alpha value is -3.49. The number of hydrogen-bond acceptors (Lipinski definition) is 6. The minimum Gasteiger partial charge on any atom is -0.466 e. The van der Waals surface area contributed by atoms with Gasteiger partial charge in [0.05, 0.1) is 30.9 Å². The summed E-state index contributed by atoms with van der Waals surface area (Å²) in [5, 5.41) is 29.5. The predicted molar refractivity (Wildman–Crippen MR) is 134 cm³/mol. The molecule has 0 spiro atoms. The highest BCUT2D eigenvalue weighted by atomic mass is 19.1. The van der Waals surface area contributed by atoms with Gasteiger partial charge in [0, 0.05) is 23.1 Å². The van der Waals surface area contributed by atoms with E-state index in [-0.39, 0.29) is 25.4 Å². The van der Waals surface area contributed by atoms with Crippen LogP contribution in [0.4, 0.5) is 8.78 Å². The first kappa shape index (κ1) is 27.1. The molecule has 0 saturated heterocycles. The van der Waals surface area contributed by atoms with E-state index in [1.165, 1.54) is 30.3 Å². The second-order valence-corrected chi connectivity index (χ2v) is 8.72. The summed E-state index contributed by atoms with van der Waals surface area (Å²) in [6.45, 7) is 5.79. The molecule has 0 amide bonds. The van der Waals surface area contributed by atoms with Crippen molar-refractivity contribution in [1.29, 1.82) is 0 Å². The van der Waals surface area contributed by atoms with E-state index in [2.05, 4.69) is 10.2 Å². The number of nitrogens with zero attached hydrogens (tertiary/aromatic N) is 2. The van der Waals surface area contributed by atoms with Gasteiger partial charge in [0.2, 0.25) is 0 Å². The fourth-order valence-corrected chi connectivity index (χ4v) is 3.84. The zero-order valence-electron chi connectivity index (χ0n) is 20.5. The van der Waals surface area contributed by atoms with Gasteiger partial charge in [0.15, 0.2) is 0 Å². The lowest BCUT2D eigenvalue weighted by atomic mass is 9.90. The molecule has 0 aliphatic carbocycles. The number of esters is 1. The van der Waals surface area contributed by atoms with Crippen LogP contribution >= 0.6 is 0 Å². The molecule has 0 saturated carbocycles. The number of aliphatic hydroxyl groups excluding tert-OH is 2. The molecule has 2 atom stereocenters. The Balaban J connectivity index is 2.06. The molecule has 0 fully saturated rings.